The minimum atomic E-state index is -3.15. The third-order valence-electron chi connectivity index (χ3n) is 4.60. The van der Waals surface area contributed by atoms with Gasteiger partial charge in [-0.05, 0) is 43.9 Å². The molecular formula is C14H23F4NO. The molecule has 0 amide bonds. The van der Waals surface area contributed by atoms with Gasteiger partial charge >= 0.3 is 6.11 Å². The summed E-state index contributed by atoms with van der Waals surface area (Å²) in [7, 11) is 0. The minimum absolute atomic E-state index is 0.0556. The second-order valence-electron chi connectivity index (χ2n) is 6.32. The zero-order valence-corrected chi connectivity index (χ0v) is 11.7. The Balaban J connectivity index is 1.92. The predicted octanol–water partition coefficient (Wildman–Crippen LogP) is 3.59. The fraction of sp³-hybridized carbons (Fsp3) is 1.00. The van der Waals surface area contributed by atoms with Crippen LogP contribution in [0.25, 0.3) is 0 Å². The molecule has 2 nitrogen and oxygen atoms in total. The van der Waals surface area contributed by atoms with Gasteiger partial charge in [-0.2, -0.15) is 8.78 Å². The average molecular weight is 297 g/mol. The fourth-order valence-electron chi connectivity index (χ4n) is 3.61. The maximum Gasteiger partial charge on any atom is 0.353 e. The van der Waals surface area contributed by atoms with Crippen molar-refractivity contribution in [1.29, 1.82) is 0 Å². The molecule has 2 rings (SSSR count). The zero-order valence-electron chi connectivity index (χ0n) is 11.7. The van der Waals surface area contributed by atoms with Gasteiger partial charge in [0.2, 0.25) is 0 Å². The smallest absolute Gasteiger partial charge is 0.323 e. The molecule has 20 heavy (non-hydrogen) atoms. The molecular weight excluding hydrogens is 274 g/mol. The molecule has 0 spiro atoms. The standard InChI is InChI=1S/C14H23F4NO/c1-14(17,18)20-10-4-2-3-8(5-10)9-6-11(15)13(19)12(16)7-9/h8-13H,2-7,19H2,1H3. The van der Waals surface area contributed by atoms with Crippen LogP contribution in [-0.2, 0) is 4.74 Å². The summed E-state index contributed by atoms with van der Waals surface area (Å²) in [5.41, 5.74) is 5.45. The molecule has 2 saturated carbocycles. The maximum absolute atomic E-state index is 13.7. The van der Waals surface area contributed by atoms with E-state index in [1.54, 1.807) is 0 Å². The number of rotatable bonds is 3. The Labute approximate surface area is 117 Å². The van der Waals surface area contributed by atoms with Crippen LogP contribution in [0.3, 0.4) is 0 Å². The van der Waals surface area contributed by atoms with Crippen molar-refractivity contribution in [3.8, 4) is 0 Å². The average Bonchev–Trinajstić information content (AvgIpc) is 2.33. The molecule has 6 heteroatoms. The molecule has 0 heterocycles. The van der Waals surface area contributed by atoms with Crippen LogP contribution in [0.1, 0.15) is 45.4 Å². The normalized spacial score (nSPS) is 43.5. The van der Waals surface area contributed by atoms with Gasteiger partial charge in [0.05, 0.1) is 12.1 Å². The van der Waals surface area contributed by atoms with E-state index in [-0.39, 0.29) is 24.7 Å². The van der Waals surface area contributed by atoms with Crippen LogP contribution in [0.2, 0.25) is 0 Å². The fourth-order valence-corrected chi connectivity index (χ4v) is 3.61. The second kappa shape index (κ2) is 6.18. The second-order valence-corrected chi connectivity index (χ2v) is 6.32. The van der Waals surface area contributed by atoms with E-state index in [0.717, 1.165) is 19.8 Å². The first-order valence-corrected chi connectivity index (χ1v) is 7.35. The molecule has 0 bridgehead atoms. The van der Waals surface area contributed by atoms with E-state index in [9.17, 15) is 17.6 Å². The summed E-state index contributed by atoms with van der Waals surface area (Å²) in [4.78, 5) is 0. The van der Waals surface area contributed by atoms with E-state index in [1.807, 2.05) is 0 Å². The van der Waals surface area contributed by atoms with Crippen molar-refractivity contribution in [2.45, 2.75) is 76.0 Å². The minimum Gasteiger partial charge on any atom is -0.323 e. The van der Waals surface area contributed by atoms with E-state index >= 15 is 0 Å². The van der Waals surface area contributed by atoms with Gasteiger partial charge in [0, 0.05) is 6.92 Å². The van der Waals surface area contributed by atoms with Gasteiger partial charge in [-0.1, -0.05) is 6.42 Å². The number of hydrogen-bond acceptors (Lipinski definition) is 2. The van der Waals surface area contributed by atoms with Crippen LogP contribution in [0.15, 0.2) is 0 Å². The first-order valence-electron chi connectivity index (χ1n) is 7.35. The lowest BCUT2D eigenvalue weighted by molar-refractivity contribution is -0.257. The summed E-state index contributed by atoms with van der Waals surface area (Å²) in [5, 5.41) is 0. The van der Waals surface area contributed by atoms with Gasteiger partial charge in [-0.25, -0.2) is 8.78 Å². The van der Waals surface area contributed by atoms with E-state index in [2.05, 4.69) is 0 Å². The molecule has 0 radical (unpaired) electrons. The number of halogens is 4. The molecule has 0 aromatic heterocycles. The molecule has 2 N–H and O–H groups in total. The highest BCUT2D eigenvalue weighted by Gasteiger charge is 2.41. The molecule has 2 fully saturated rings. The van der Waals surface area contributed by atoms with E-state index in [4.69, 9.17) is 10.5 Å². The Morgan fingerprint density at radius 1 is 1.00 bits per heavy atom. The lowest BCUT2D eigenvalue weighted by Crippen LogP contribution is -2.48. The quantitative estimate of drug-likeness (QED) is 0.808. The van der Waals surface area contributed by atoms with Gasteiger partial charge in [-0.3, -0.25) is 0 Å². The summed E-state index contributed by atoms with van der Waals surface area (Å²) >= 11 is 0. The number of alkyl halides is 4. The summed E-state index contributed by atoms with van der Waals surface area (Å²) in [6.07, 6.45) is -3.21. The number of nitrogens with two attached hydrogens (primary N) is 1. The van der Waals surface area contributed by atoms with Crippen LogP contribution in [-0.4, -0.2) is 30.6 Å². The van der Waals surface area contributed by atoms with Gasteiger partial charge in [-0.15, -0.1) is 0 Å². The molecule has 2 aliphatic carbocycles. The molecule has 118 valence electrons. The third kappa shape index (κ3) is 4.07. The Morgan fingerprint density at radius 2 is 1.60 bits per heavy atom. The van der Waals surface area contributed by atoms with Crippen molar-refractivity contribution in [3.05, 3.63) is 0 Å². The third-order valence-corrected chi connectivity index (χ3v) is 4.60. The lowest BCUT2D eigenvalue weighted by Gasteiger charge is -2.40. The molecule has 4 atom stereocenters. The van der Waals surface area contributed by atoms with Crippen molar-refractivity contribution in [2.75, 3.05) is 0 Å². The molecule has 4 unspecified atom stereocenters. The first kappa shape index (κ1) is 16.0. The summed E-state index contributed by atoms with van der Waals surface area (Å²) < 4.78 is 57.9. The Bertz CT molecular complexity index is 311. The van der Waals surface area contributed by atoms with Crippen LogP contribution >= 0.6 is 0 Å². The van der Waals surface area contributed by atoms with E-state index in [1.165, 1.54) is 0 Å². The Hall–Kier alpha value is -0.360. The SMILES string of the molecule is CC(F)(F)OC1CCCC(C2CC(F)C(N)C(F)C2)C1. The van der Waals surface area contributed by atoms with Crippen LogP contribution < -0.4 is 5.73 Å². The molecule has 0 aromatic rings. The van der Waals surface area contributed by atoms with Crippen molar-refractivity contribution in [3.63, 3.8) is 0 Å². The summed E-state index contributed by atoms with van der Waals surface area (Å²) in [6.45, 7) is 0.728. The van der Waals surface area contributed by atoms with Gasteiger partial charge < -0.3 is 10.5 Å². The van der Waals surface area contributed by atoms with Crippen LogP contribution in [0.5, 0.6) is 0 Å². The number of ether oxygens (including phenoxy) is 1. The maximum atomic E-state index is 13.7. The monoisotopic (exact) mass is 297 g/mol. The molecule has 0 aliphatic heterocycles. The van der Waals surface area contributed by atoms with Crippen molar-refractivity contribution < 1.29 is 22.3 Å². The van der Waals surface area contributed by atoms with Crippen molar-refractivity contribution >= 4 is 0 Å². The summed E-state index contributed by atoms with van der Waals surface area (Å²) in [6, 6.07) is -1.04. The highest BCUT2D eigenvalue weighted by Crippen LogP contribution is 2.41. The van der Waals surface area contributed by atoms with Crippen LogP contribution in [0, 0.1) is 11.8 Å². The largest absolute Gasteiger partial charge is 0.353 e. The highest BCUT2D eigenvalue weighted by molar-refractivity contribution is 4.93. The summed E-state index contributed by atoms with van der Waals surface area (Å²) in [5.74, 6) is -0.0585. The van der Waals surface area contributed by atoms with Gasteiger partial charge in [0.1, 0.15) is 12.3 Å². The Morgan fingerprint density at radius 3 is 2.15 bits per heavy atom. The van der Waals surface area contributed by atoms with Crippen molar-refractivity contribution in [1.82, 2.24) is 0 Å². The highest BCUT2D eigenvalue weighted by atomic mass is 19.3. The Kier molecular flexibility index (Phi) is 4.95. The van der Waals surface area contributed by atoms with Gasteiger partial charge in [0.25, 0.3) is 0 Å². The lowest BCUT2D eigenvalue weighted by atomic mass is 9.71. The molecule has 0 aromatic carbocycles. The first-order chi connectivity index (χ1) is 9.26. The van der Waals surface area contributed by atoms with Gasteiger partial charge in [0.15, 0.2) is 0 Å². The molecule has 0 saturated heterocycles. The van der Waals surface area contributed by atoms with E-state index < -0.39 is 30.6 Å². The topological polar surface area (TPSA) is 35.2 Å². The predicted molar refractivity (Wildman–Crippen MR) is 67.9 cm³/mol. The van der Waals surface area contributed by atoms with Crippen molar-refractivity contribution in [2.24, 2.45) is 17.6 Å². The molecule has 2 aliphatic rings. The van der Waals surface area contributed by atoms with E-state index in [0.29, 0.717) is 12.8 Å². The zero-order chi connectivity index (χ0) is 14.9. The van der Waals surface area contributed by atoms with Crippen LogP contribution in [0.4, 0.5) is 17.6 Å². The number of hydrogen-bond donors (Lipinski definition) is 1.